The van der Waals surface area contributed by atoms with Gasteiger partial charge in [0.2, 0.25) is 0 Å². The van der Waals surface area contributed by atoms with Crippen LogP contribution < -0.4 is 4.74 Å². The summed E-state index contributed by atoms with van der Waals surface area (Å²) in [7, 11) is 0. The molecule has 4 heteroatoms. The smallest absolute Gasteiger partial charge is 0.252 e. The molecular weight excluding hydrogens is 331 g/mol. The molecule has 0 spiro atoms. The molecule has 2 aromatic rings. The lowest BCUT2D eigenvalue weighted by molar-refractivity contribution is 0.107. The van der Waals surface area contributed by atoms with Gasteiger partial charge in [0.1, 0.15) is 12.4 Å². The predicted octanol–water partition coefficient (Wildman–Crippen LogP) is 5.79. The molecular formula is C19H18Cl2O2. The molecule has 0 aromatic heterocycles. The Labute approximate surface area is 146 Å². The Morgan fingerprint density at radius 2 is 1.96 bits per heavy atom. The van der Waals surface area contributed by atoms with Gasteiger partial charge in [-0.2, -0.15) is 0 Å². The molecule has 0 atom stereocenters. The highest BCUT2D eigenvalue weighted by molar-refractivity contribution is 6.67. The van der Waals surface area contributed by atoms with E-state index < -0.39 is 5.24 Å². The van der Waals surface area contributed by atoms with Gasteiger partial charge in [0.15, 0.2) is 0 Å². The third kappa shape index (κ3) is 3.54. The Bertz CT molecular complexity index is 764. The average molecular weight is 349 g/mol. The molecule has 3 rings (SSSR count). The molecule has 0 unspecified atom stereocenters. The third-order valence-corrected chi connectivity index (χ3v) is 4.88. The Morgan fingerprint density at radius 1 is 1.22 bits per heavy atom. The predicted molar refractivity (Wildman–Crippen MR) is 93.9 cm³/mol. The molecule has 1 saturated carbocycles. The summed E-state index contributed by atoms with van der Waals surface area (Å²) >= 11 is 11.9. The first-order chi connectivity index (χ1) is 11.0. The average Bonchev–Trinajstić information content (AvgIpc) is 3.34. The molecule has 120 valence electrons. The molecule has 0 amide bonds. The van der Waals surface area contributed by atoms with E-state index in [-0.39, 0.29) is 0 Å². The van der Waals surface area contributed by atoms with Crippen LogP contribution in [0.25, 0.3) is 0 Å². The minimum Gasteiger partial charge on any atom is -0.489 e. The fraction of sp³-hybridized carbons (Fsp3) is 0.316. The summed E-state index contributed by atoms with van der Waals surface area (Å²) < 4.78 is 5.97. The molecule has 0 radical (unpaired) electrons. The normalized spacial score (nSPS) is 13.9. The second kappa shape index (κ2) is 6.54. The topological polar surface area (TPSA) is 26.3 Å². The second-order valence-electron chi connectivity index (χ2n) is 6.08. The first-order valence-electron chi connectivity index (χ1n) is 7.68. The highest BCUT2D eigenvalue weighted by Gasteiger charge is 2.28. The van der Waals surface area contributed by atoms with Crippen molar-refractivity contribution in [2.24, 2.45) is 0 Å². The number of benzene rings is 2. The second-order valence-corrected chi connectivity index (χ2v) is 6.83. The van der Waals surface area contributed by atoms with Gasteiger partial charge in [-0.15, -0.1) is 0 Å². The van der Waals surface area contributed by atoms with E-state index in [1.165, 1.54) is 5.56 Å². The number of halogens is 2. The summed E-state index contributed by atoms with van der Waals surface area (Å²) in [6, 6.07) is 9.54. The first kappa shape index (κ1) is 16.4. The van der Waals surface area contributed by atoms with Crippen molar-refractivity contribution in [1.29, 1.82) is 0 Å². The van der Waals surface area contributed by atoms with Gasteiger partial charge in [-0.25, -0.2) is 0 Å². The van der Waals surface area contributed by atoms with E-state index in [1.54, 1.807) is 6.07 Å². The van der Waals surface area contributed by atoms with Crippen molar-refractivity contribution in [2.75, 3.05) is 0 Å². The number of carbonyl (C=O) groups is 1. The molecule has 1 aliphatic rings. The van der Waals surface area contributed by atoms with Crippen molar-refractivity contribution in [1.82, 2.24) is 0 Å². The molecule has 23 heavy (non-hydrogen) atoms. The Hall–Kier alpha value is -1.51. The summed E-state index contributed by atoms with van der Waals surface area (Å²) in [5.74, 6) is 1.26. The van der Waals surface area contributed by atoms with E-state index in [1.807, 2.05) is 32.0 Å². The van der Waals surface area contributed by atoms with Crippen LogP contribution in [-0.2, 0) is 6.61 Å². The minimum atomic E-state index is -0.440. The van der Waals surface area contributed by atoms with E-state index in [0.29, 0.717) is 23.1 Å². The van der Waals surface area contributed by atoms with Crippen molar-refractivity contribution in [3.63, 3.8) is 0 Å². The van der Waals surface area contributed by atoms with Crippen LogP contribution >= 0.6 is 23.2 Å². The maximum Gasteiger partial charge on any atom is 0.252 e. The Balaban J connectivity index is 1.91. The maximum atomic E-state index is 11.7. The van der Waals surface area contributed by atoms with E-state index in [4.69, 9.17) is 27.9 Å². The van der Waals surface area contributed by atoms with Gasteiger partial charge in [0.05, 0.1) is 0 Å². The Morgan fingerprint density at radius 3 is 2.61 bits per heavy atom. The van der Waals surface area contributed by atoms with Crippen LogP contribution in [0.3, 0.4) is 0 Å². The first-order valence-corrected chi connectivity index (χ1v) is 8.44. The van der Waals surface area contributed by atoms with E-state index >= 15 is 0 Å². The van der Waals surface area contributed by atoms with E-state index in [2.05, 4.69) is 6.07 Å². The van der Waals surface area contributed by atoms with Crippen molar-refractivity contribution in [2.45, 2.75) is 39.2 Å². The largest absolute Gasteiger partial charge is 0.489 e. The number of carbonyl (C=O) groups excluding carboxylic acids is 1. The third-order valence-electron chi connectivity index (χ3n) is 4.27. The van der Waals surface area contributed by atoms with Crippen LogP contribution in [0.2, 0.25) is 5.02 Å². The number of rotatable bonds is 5. The van der Waals surface area contributed by atoms with Crippen molar-refractivity contribution >= 4 is 28.4 Å². The van der Waals surface area contributed by atoms with E-state index in [9.17, 15) is 4.79 Å². The summed E-state index contributed by atoms with van der Waals surface area (Å²) in [5, 5.41) is 0.236. The van der Waals surface area contributed by atoms with Crippen LogP contribution in [0.4, 0.5) is 0 Å². The zero-order valence-corrected chi connectivity index (χ0v) is 14.7. The molecule has 1 fully saturated rings. The lowest BCUT2D eigenvalue weighted by Crippen LogP contribution is -2.07. The van der Waals surface area contributed by atoms with Gasteiger partial charge in [0.25, 0.3) is 5.24 Å². The monoisotopic (exact) mass is 348 g/mol. The molecule has 0 N–H and O–H groups in total. The molecule has 0 bridgehead atoms. The van der Waals surface area contributed by atoms with Crippen LogP contribution in [-0.4, -0.2) is 5.24 Å². The summed E-state index contributed by atoms with van der Waals surface area (Å²) in [6.45, 7) is 4.27. The summed E-state index contributed by atoms with van der Waals surface area (Å²) in [4.78, 5) is 11.7. The van der Waals surface area contributed by atoms with Gasteiger partial charge in [0, 0.05) is 16.1 Å². The van der Waals surface area contributed by atoms with Crippen LogP contribution in [0.1, 0.15) is 51.4 Å². The van der Waals surface area contributed by atoms with Gasteiger partial charge in [-0.3, -0.25) is 4.79 Å². The zero-order valence-electron chi connectivity index (χ0n) is 13.2. The molecule has 2 nitrogen and oxygen atoms in total. The maximum absolute atomic E-state index is 11.7. The van der Waals surface area contributed by atoms with Gasteiger partial charge in [-0.05, 0) is 73.0 Å². The van der Waals surface area contributed by atoms with Crippen LogP contribution in [0, 0.1) is 13.8 Å². The lowest BCUT2D eigenvalue weighted by Gasteiger charge is -2.15. The summed E-state index contributed by atoms with van der Waals surface area (Å²) in [6.07, 6.45) is 2.31. The number of ether oxygens (including phenoxy) is 1. The zero-order chi connectivity index (χ0) is 16.6. The standard InChI is InChI=1S/C19H18Cl2O2/c1-11-8-12(2)18(9-17(11)20)23-10-16-14(13-6-7-13)4-3-5-15(16)19(21)22/h3-5,8-9,13H,6-7,10H2,1-2H3. The molecule has 0 heterocycles. The fourth-order valence-electron chi connectivity index (χ4n) is 2.84. The summed E-state index contributed by atoms with van der Waals surface area (Å²) in [5.41, 5.74) is 4.64. The van der Waals surface area contributed by atoms with Gasteiger partial charge in [-0.1, -0.05) is 29.8 Å². The molecule has 1 aliphatic carbocycles. The number of aryl methyl sites for hydroxylation is 2. The molecule has 2 aromatic carbocycles. The van der Waals surface area contributed by atoms with Gasteiger partial charge < -0.3 is 4.74 Å². The van der Waals surface area contributed by atoms with Crippen molar-refractivity contribution in [3.8, 4) is 5.75 Å². The number of hydrogen-bond acceptors (Lipinski definition) is 2. The number of hydrogen-bond donors (Lipinski definition) is 0. The highest BCUT2D eigenvalue weighted by Crippen LogP contribution is 2.43. The van der Waals surface area contributed by atoms with Crippen LogP contribution in [0.5, 0.6) is 5.75 Å². The highest BCUT2D eigenvalue weighted by atomic mass is 35.5. The van der Waals surface area contributed by atoms with Gasteiger partial charge >= 0.3 is 0 Å². The SMILES string of the molecule is Cc1cc(C)c(OCc2c(C(=O)Cl)cccc2C2CC2)cc1Cl. The van der Waals surface area contributed by atoms with Crippen molar-refractivity contribution in [3.05, 3.63) is 63.2 Å². The molecule has 0 saturated heterocycles. The molecule has 0 aliphatic heterocycles. The quantitative estimate of drug-likeness (QED) is 0.639. The van der Waals surface area contributed by atoms with Crippen LogP contribution in [0.15, 0.2) is 30.3 Å². The van der Waals surface area contributed by atoms with Crippen molar-refractivity contribution < 1.29 is 9.53 Å². The Kier molecular flexibility index (Phi) is 4.65. The minimum absolute atomic E-state index is 0.320. The lowest BCUT2D eigenvalue weighted by atomic mass is 9.99. The fourth-order valence-corrected chi connectivity index (χ4v) is 3.17. The van der Waals surface area contributed by atoms with E-state index in [0.717, 1.165) is 35.3 Å².